The zero-order valence-electron chi connectivity index (χ0n) is 10.6. The molecule has 2 aromatic rings. The van der Waals surface area contributed by atoms with Crippen molar-refractivity contribution < 1.29 is 0 Å². The van der Waals surface area contributed by atoms with Gasteiger partial charge in [-0.1, -0.05) is 11.8 Å². The summed E-state index contributed by atoms with van der Waals surface area (Å²) in [4.78, 5) is 16.7. The Morgan fingerprint density at radius 3 is 2.50 bits per heavy atom. The molecule has 5 nitrogen and oxygen atoms in total. The highest BCUT2D eigenvalue weighted by Gasteiger charge is 2.04. The molecule has 0 fully saturated rings. The molecule has 0 saturated carbocycles. The third-order valence-electron chi connectivity index (χ3n) is 2.24. The standard InChI is InChI=1S/C12H15N5S/c1-7-4-8(2)14-10(5-7)6-18-12-16-9(3)15-11(13)17-12/h4-5H,6H2,1-3H3,(H2,13,15,16,17). The third kappa shape index (κ3) is 3.40. The molecule has 0 radical (unpaired) electrons. The second-order valence-corrected chi connectivity index (χ2v) is 5.03. The number of nitrogen functional groups attached to an aromatic ring is 1. The van der Waals surface area contributed by atoms with Gasteiger partial charge >= 0.3 is 0 Å². The first kappa shape index (κ1) is 12.8. The number of anilines is 1. The molecule has 0 aliphatic heterocycles. The maximum atomic E-state index is 5.59. The van der Waals surface area contributed by atoms with Crippen LogP contribution in [0.1, 0.15) is 22.8 Å². The zero-order chi connectivity index (χ0) is 13.1. The highest BCUT2D eigenvalue weighted by molar-refractivity contribution is 7.98. The lowest BCUT2D eigenvalue weighted by atomic mass is 10.2. The van der Waals surface area contributed by atoms with Gasteiger partial charge in [0.05, 0.1) is 5.69 Å². The van der Waals surface area contributed by atoms with E-state index in [2.05, 4.69) is 39.0 Å². The summed E-state index contributed by atoms with van der Waals surface area (Å²) in [6.45, 7) is 5.86. The Morgan fingerprint density at radius 1 is 1.06 bits per heavy atom. The summed E-state index contributed by atoms with van der Waals surface area (Å²) < 4.78 is 0. The predicted molar refractivity (Wildman–Crippen MR) is 72.2 cm³/mol. The van der Waals surface area contributed by atoms with Crippen LogP contribution in [0.3, 0.4) is 0 Å². The number of nitrogens with zero attached hydrogens (tertiary/aromatic N) is 4. The van der Waals surface area contributed by atoms with Crippen molar-refractivity contribution >= 4 is 17.7 Å². The van der Waals surface area contributed by atoms with Gasteiger partial charge in [0.2, 0.25) is 5.95 Å². The summed E-state index contributed by atoms with van der Waals surface area (Å²) in [6, 6.07) is 4.12. The van der Waals surface area contributed by atoms with Crippen LogP contribution in [-0.2, 0) is 5.75 Å². The van der Waals surface area contributed by atoms with E-state index in [1.165, 1.54) is 17.3 Å². The van der Waals surface area contributed by atoms with Gasteiger partial charge in [-0.15, -0.1) is 0 Å². The summed E-state index contributed by atoms with van der Waals surface area (Å²) in [6.07, 6.45) is 0. The van der Waals surface area contributed by atoms with E-state index >= 15 is 0 Å². The van der Waals surface area contributed by atoms with Crippen molar-refractivity contribution in [3.05, 3.63) is 34.9 Å². The Morgan fingerprint density at radius 2 is 1.83 bits per heavy atom. The van der Waals surface area contributed by atoms with E-state index < -0.39 is 0 Å². The van der Waals surface area contributed by atoms with Crippen LogP contribution >= 0.6 is 11.8 Å². The molecule has 0 atom stereocenters. The van der Waals surface area contributed by atoms with Gasteiger partial charge in [-0.3, -0.25) is 4.98 Å². The van der Waals surface area contributed by atoms with E-state index in [1.54, 1.807) is 6.92 Å². The molecule has 0 unspecified atom stereocenters. The first-order valence-electron chi connectivity index (χ1n) is 5.58. The van der Waals surface area contributed by atoms with Crippen LogP contribution in [0.15, 0.2) is 17.3 Å². The fraction of sp³-hybridized carbons (Fsp3) is 0.333. The van der Waals surface area contributed by atoms with Crippen LogP contribution in [0.2, 0.25) is 0 Å². The molecule has 94 valence electrons. The molecule has 0 saturated heterocycles. The summed E-state index contributed by atoms with van der Waals surface area (Å²) in [5.74, 6) is 1.63. The van der Waals surface area contributed by atoms with Crippen LogP contribution in [0.5, 0.6) is 0 Å². The normalized spacial score (nSPS) is 10.6. The van der Waals surface area contributed by atoms with E-state index in [4.69, 9.17) is 5.73 Å². The molecule has 0 aromatic carbocycles. The Hall–Kier alpha value is -1.69. The number of aryl methyl sites for hydroxylation is 3. The lowest BCUT2D eigenvalue weighted by molar-refractivity contribution is 0.869. The van der Waals surface area contributed by atoms with Crippen LogP contribution < -0.4 is 5.73 Å². The minimum atomic E-state index is 0.262. The molecule has 2 rings (SSSR count). The van der Waals surface area contributed by atoms with Crippen LogP contribution in [0.25, 0.3) is 0 Å². The van der Waals surface area contributed by atoms with Crippen molar-refractivity contribution in [1.29, 1.82) is 0 Å². The monoisotopic (exact) mass is 261 g/mol. The maximum Gasteiger partial charge on any atom is 0.224 e. The number of hydrogen-bond acceptors (Lipinski definition) is 6. The summed E-state index contributed by atoms with van der Waals surface area (Å²) in [5.41, 5.74) is 8.85. The van der Waals surface area contributed by atoms with Crippen LogP contribution in [0, 0.1) is 20.8 Å². The van der Waals surface area contributed by atoms with E-state index in [1.807, 2.05) is 6.92 Å². The van der Waals surface area contributed by atoms with Crippen molar-refractivity contribution in [1.82, 2.24) is 19.9 Å². The van der Waals surface area contributed by atoms with Crippen LogP contribution in [0.4, 0.5) is 5.95 Å². The smallest absolute Gasteiger partial charge is 0.224 e. The Bertz CT molecular complexity index is 478. The fourth-order valence-electron chi connectivity index (χ4n) is 1.68. The molecule has 6 heteroatoms. The lowest BCUT2D eigenvalue weighted by Gasteiger charge is -2.04. The molecular formula is C12H15N5S. The Kier molecular flexibility index (Phi) is 3.76. The zero-order valence-corrected chi connectivity index (χ0v) is 11.5. The number of nitrogens with two attached hydrogens (primary N) is 1. The second kappa shape index (κ2) is 5.30. The Labute approximate surface area is 110 Å². The molecule has 0 aliphatic carbocycles. The van der Waals surface area contributed by atoms with E-state index in [0.29, 0.717) is 11.0 Å². The number of pyridine rings is 1. The van der Waals surface area contributed by atoms with Crippen molar-refractivity contribution in [2.45, 2.75) is 31.7 Å². The summed E-state index contributed by atoms with van der Waals surface area (Å²) in [7, 11) is 0. The molecule has 0 amide bonds. The number of rotatable bonds is 3. The van der Waals surface area contributed by atoms with Crippen LogP contribution in [-0.4, -0.2) is 19.9 Å². The topological polar surface area (TPSA) is 77.6 Å². The quantitative estimate of drug-likeness (QED) is 0.852. The first-order chi connectivity index (χ1) is 8.52. The Balaban J connectivity index is 2.11. The van der Waals surface area contributed by atoms with Crippen molar-refractivity contribution in [2.24, 2.45) is 0 Å². The second-order valence-electron chi connectivity index (χ2n) is 4.09. The van der Waals surface area contributed by atoms with Gasteiger partial charge in [0.25, 0.3) is 0 Å². The van der Waals surface area contributed by atoms with Gasteiger partial charge < -0.3 is 5.73 Å². The minimum Gasteiger partial charge on any atom is -0.368 e. The summed E-state index contributed by atoms with van der Waals surface area (Å²) in [5, 5.41) is 0.640. The number of aromatic nitrogens is 4. The maximum absolute atomic E-state index is 5.59. The fourth-order valence-corrected chi connectivity index (χ4v) is 2.46. The van der Waals surface area contributed by atoms with Gasteiger partial charge in [0, 0.05) is 11.4 Å². The average Bonchev–Trinajstić information content (AvgIpc) is 2.23. The largest absolute Gasteiger partial charge is 0.368 e. The van der Waals surface area contributed by atoms with E-state index in [0.717, 1.165) is 17.1 Å². The molecular weight excluding hydrogens is 246 g/mol. The molecule has 0 aliphatic rings. The first-order valence-corrected chi connectivity index (χ1v) is 6.56. The van der Waals surface area contributed by atoms with Gasteiger partial charge in [0.15, 0.2) is 5.16 Å². The van der Waals surface area contributed by atoms with E-state index in [-0.39, 0.29) is 5.95 Å². The molecule has 0 bridgehead atoms. The van der Waals surface area contributed by atoms with Gasteiger partial charge in [0.1, 0.15) is 5.82 Å². The van der Waals surface area contributed by atoms with Gasteiger partial charge in [-0.2, -0.15) is 9.97 Å². The molecule has 18 heavy (non-hydrogen) atoms. The third-order valence-corrected chi connectivity index (χ3v) is 3.12. The van der Waals surface area contributed by atoms with E-state index in [9.17, 15) is 0 Å². The minimum absolute atomic E-state index is 0.262. The molecule has 0 spiro atoms. The average molecular weight is 261 g/mol. The lowest BCUT2D eigenvalue weighted by Crippen LogP contribution is -2.01. The van der Waals surface area contributed by atoms with Crippen molar-refractivity contribution in [3.8, 4) is 0 Å². The van der Waals surface area contributed by atoms with Gasteiger partial charge in [-0.05, 0) is 38.5 Å². The molecule has 2 N–H and O–H groups in total. The highest BCUT2D eigenvalue weighted by atomic mass is 32.2. The molecule has 2 heterocycles. The summed E-state index contributed by atoms with van der Waals surface area (Å²) >= 11 is 1.51. The number of thioether (sulfide) groups is 1. The molecule has 2 aromatic heterocycles. The number of hydrogen-bond donors (Lipinski definition) is 1. The van der Waals surface area contributed by atoms with Gasteiger partial charge in [-0.25, -0.2) is 4.98 Å². The van der Waals surface area contributed by atoms with Crippen molar-refractivity contribution in [2.75, 3.05) is 5.73 Å². The highest BCUT2D eigenvalue weighted by Crippen LogP contribution is 2.19. The SMILES string of the molecule is Cc1cc(C)nc(CSc2nc(C)nc(N)n2)c1. The predicted octanol–water partition coefficient (Wildman–Crippen LogP) is 2.07. The van der Waals surface area contributed by atoms with Crippen molar-refractivity contribution in [3.63, 3.8) is 0 Å².